The third-order valence-corrected chi connectivity index (χ3v) is 4.45. The van der Waals surface area contributed by atoms with Crippen LogP contribution in [-0.4, -0.2) is 22.9 Å². The molecule has 0 bridgehead atoms. The largest absolute Gasteiger partial charge is 0.338 e. The van der Waals surface area contributed by atoms with Crippen LogP contribution in [0.3, 0.4) is 0 Å². The highest BCUT2D eigenvalue weighted by atomic mass is 16.6. The van der Waals surface area contributed by atoms with E-state index in [2.05, 4.69) is 49.8 Å². The average Bonchev–Trinajstić information content (AvgIpc) is 3.26. The maximum Gasteiger partial charge on any atom is 0.315 e. The molecular weight excluding hydrogens is 304 g/mol. The van der Waals surface area contributed by atoms with Crippen LogP contribution in [0.25, 0.3) is 11.0 Å². The standard InChI is InChI=1S/C18H18N4O2/c23-18(19-10-12-6-7-16-17(8-12)22-24-21-16)20-11-14-9-15(14)13-4-2-1-3-5-13/h1-8,14-15H,9-11H2,(H2,19,20,23)/t14-,15-/m1/s1. The van der Waals surface area contributed by atoms with Gasteiger partial charge in [-0.15, -0.1) is 0 Å². The molecule has 0 spiro atoms. The Hall–Kier alpha value is -2.89. The first-order chi connectivity index (χ1) is 11.8. The Morgan fingerprint density at radius 3 is 2.79 bits per heavy atom. The van der Waals surface area contributed by atoms with Gasteiger partial charge in [-0.2, -0.15) is 0 Å². The molecule has 1 fully saturated rings. The zero-order valence-electron chi connectivity index (χ0n) is 13.1. The summed E-state index contributed by atoms with van der Waals surface area (Å²) in [5.41, 5.74) is 3.73. The van der Waals surface area contributed by atoms with Gasteiger partial charge in [0.05, 0.1) is 0 Å². The number of aromatic nitrogens is 2. The number of nitrogens with one attached hydrogen (secondary N) is 2. The zero-order chi connectivity index (χ0) is 16.4. The number of carbonyl (C=O) groups excluding carboxylic acids is 1. The fourth-order valence-electron chi connectivity index (χ4n) is 2.99. The molecule has 0 radical (unpaired) electrons. The number of hydrogen-bond donors (Lipinski definition) is 2. The lowest BCUT2D eigenvalue weighted by Crippen LogP contribution is -2.36. The third kappa shape index (κ3) is 3.22. The maximum atomic E-state index is 11.9. The van der Waals surface area contributed by atoms with E-state index in [4.69, 9.17) is 0 Å². The van der Waals surface area contributed by atoms with Crippen molar-refractivity contribution >= 4 is 17.1 Å². The van der Waals surface area contributed by atoms with Crippen LogP contribution in [0.1, 0.15) is 23.5 Å². The van der Waals surface area contributed by atoms with Crippen LogP contribution >= 0.6 is 0 Å². The Balaban J connectivity index is 1.23. The molecule has 2 amide bonds. The molecule has 2 aromatic carbocycles. The van der Waals surface area contributed by atoms with Gasteiger partial charge in [-0.05, 0) is 51.8 Å². The minimum atomic E-state index is -0.146. The predicted octanol–water partition coefficient (Wildman–Crippen LogP) is 2.83. The van der Waals surface area contributed by atoms with Gasteiger partial charge in [0.25, 0.3) is 0 Å². The first kappa shape index (κ1) is 14.7. The van der Waals surface area contributed by atoms with Gasteiger partial charge in [-0.3, -0.25) is 0 Å². The Morgan fingerprint density at radius 2 is 1.92 bits per heavy atom. The van der Waals surface area contributed by atoms with Crippen molar-refractivity contribution in [2.45, 2.75) is 18.9 Å². The number of fused-ring (bicyclic) bond motifs is 1. The molecule has 24 heavy (non-hydrogen) atoms. The molecule has 6 nitrogen and oxygen atoms in total. The predicted molar refractivity (Wildman–Crippen MR) is 89.3 cm³/mol. The van der Waals surface area contributed by atoms with E-state index in [1.54, 1.807) is 0 Å². The number of carbonyl (C=O) groups is 1. The molecule has 1 heterocycles. The summed E-state index contributed by atoms with van der Waals surface area (Å²) in [4.78, 5) is 11.9. The molecule has 0 unspecified atom stereocenters. The molecule has 6 heteroatoms. The van der Waals surface area contributed by atoms with E-state index in [0.29, 0.717) is 36.0 Å². The summed E-state index contributed by atoms with van der Waals surface area (Å²) in [6.07, 6.45) is 1.14. The molecule has 1 aliphatic rings. The minimum absolute atomic E-state index is 0.146. The number of urea groups is 1. The molecule has 1 aliphatic carbocycles. The van der Waals surface area contributed by atoms with Crippen LogP contribution in [0.4, 0.5) is 4.79 Å². The minimum Gasteiger partial charge on any atom is -0.338 e. The molecule has 1 aromatic heterocycles. The van der Waals surface area contributed by atoms with Gasteiger partial charge in [-0.1, -0.05) is 36.4 Å². The van der Waals surface area contributed by atoms with Gasteiger partial charge in [0, 0.05) is 13.1 Å². The number of hydrogen-bond acceptors (Lipinski definition) is 4. The van der Waals surface area contributed by atoms with E-state index in [-0.39, 0.29) is 6.03 Å². The summed E-state index contributed by atoms with van der Waals surface area (Å²) in [5, 5.41) is 13.4. The van der Waals surface area contributed by atoms with Crippen molar-refractivity contribution in [3.05, 3.63) is 59.7 Å². The van der Waals surface area contributed by atoms with Crippen LogP contribution in [0, 0.1) is 5.92 Å². The number of benzene rings is 2. The van der Waals surface area contributed by atoms with Gasteiger partial charge < -0.3 is 10.6 Å². The quantitative estimate of drug-likeness (QED) is 0.757. The highest BCUT2D eigenvalue weighted by molar-refractivity contribution is 5.75. The van der Waals surface area contributed by atoms with Gasteiger partial charge in [-0.25, -0.2) is 9.42 Å². The smallest absolute Gasteiger partial charge is 0.315 e. The molecule has 122 valence electrons. The Bertz CT molecular complexity index is 846. The summed E-state index contributed by atoms with van der Waals surface area (Å²) < 4.78 is 4.66. The SMILES string of the molecule is O=C(NCc1ccc2nonc2c1)NC[C@H]1C[C@@H]1c1ccccc1. The fourth-order valence-corrected chi connectivity index (χ4v) is 2.99. The van der Waals surface area contributed by atoms with Gasteiger partial charge in [0.2, 0.25) is 0 Å². The number of rotatable bonds is 5. The van der Waals surface area contributed by atoms with Crippen molar-refractivity contribution in [2.24, 2.45) is 5.92 Å². The van der Waals surface area contributed by atoms with Crippen LogP contribution in [-0.2, 0) is 6.54 Å². The van der Waals surface area contributed by atoms with Crippen LogP contribution in [0.15, 0.2) is 53.2 Å². The van der Waals surface area contributed by atoms with E-state index in [1.807, 2.05) is 24.3 Å². The van der Waals surface area contributed by atoms with E-state index < -0.39 is 0 Å². The second-order valence-electron chi connectivity index (χ2n) is 6.16. The van der Waals surface area contributed by atoms with Gasteiger partial charge >= 0.3 is 6.03 Å². The van der Waals surface area contributed by atoms with Crippen LogP contribution in [0.2, 0.25) is 0 Å². The van der Waals surface area contributed by atoms with E-state index in [1.165, 1.54) is 5.56 Å². The van der Waals surface area contributed by atoms with Crippen molar-refractivity contribution < 1.29 is 9.42 Å². The van der Waals surface area contributed by atoms with E-state index >= 15 is 0 Å². The van der Waals surface area contributed by atoms with Crippen molar-refractivity contribution in [3.63, 3.8) is 0 Å². The normalized spacial score (nSPS) is 19.2. The molecule has 2 N–H and O–H groups in total. The first-order valence-electron chi connectivity index (χ1n) is 8.07. The summed E-state index contributed by atoms with van der Waals surface area (Å²) in [5.74, 6) is 1.12. The summed E-state index contributed by atoms with van der Waals surface area (Å²) in [7, 11) is 0. The average molecular weight is 322 g/mol. The van der Waals surface area contributed by atoms with Crippen molar-refractivity contribution in [1.29, 1.82) is 0 Å². The lowest BCUT2D eigenvalue weighted by molar-refractivity contribution is 0.240. The molecule has 4 rings (SSSR count). The maximum absolute atomic E-state index is 11.9. The molecular formula is C18H18N4O2. The van der Waals surface area contributed by atoms with Crippen LogP contribution < -0.4 is 10.6 Å². The number of amides is 2. The molecule has 1 saturated carbocycles. The highest BCUT2D eigenvalue weighted by Crippen LogP contribution is 2.46. The Kier molecular flexibility index (Phi) is 3.86. The number of nitrogens with zero attached hydrogens (tertiary/aromatic N) is 2. The topological polar surface area (TPSA) is 80.1 Å². The lowest BCUT2D eigenvalue weighted by Gasteiger charge is -2.07. The third-order valence-electron chi connectivity index (χ3n) is 4.45. The Morgan fingerprint density at radius 1 is 1.08 bits per heavy atom. The second-order valence-corrected chi connectivity index (χ2v) is 6.16. The van der Waals surface area contributed by atoms with Gasteiger partial charge in [0.15, 0.2) is 0 Å². The first-order valence-corrected chi connectivity index (χ1v) is 8.07. The van der Waals surface area contributed by atoms with Crippen LogP contribution in [0.5, 0.6) is 0 Å². The zero-order valence-corrected chi connectivity index (χ0v) is 13.1. The summed E-state index contributed by atoms with van der Waals surface area (Å²) >= 11 is 0. The molecule has 0 aliphatic heterocycles. The highest BCUT2D eigenvalue weighted by Gasteiger charge is 2.37. The summed E-state index contributed by atoms with van der Waals surface area (Å²) in [6, 6.07) is 15.9. The summed E-state index contributed by atoms with van der Waals surface area (Å²) in [6.45, 7) is 1.15. The van der Waals surface area contributed by atoms with Crippen molar-refractivity contribution in [3.8, 4) is 0 Å². The Labute approximate surface area is 139 Å². The molecule has 2 atom stereocenters. The van der Waals surface area contributed by atoms with E-state index in [9.17, 15) is 4.79 Å². The fraction of sp³-hybridized carbons (Fsp3) is 0.278. The van der Waals surface area contributed by atoms with Crippen molar-refractivity contribution in [2.75, 3.05) is 6.54 Å². The molecule has 3 aromatic rings. The monoisotopic (exact) mass is 322 g/mol. The van der Waals surface area contributed by atoms with Gasteiger partial charge in [0.1, 0.15) is 11.0 Å². The van der Waals surface area contributed by atoms with E-state index in [0.717, 1.165) is 12.0 Å². The molecule has 0 saturated heterocycles. The second kappa shape index (κ2) is 6.31. The van der Waals surface area contributed by atoms with Crippen molar-refractivity contribution in [1.82, 2.24) is 20.9 Å². The lowest BCUT2D eigenvalue weighted by atomic mass is 10.1.